The molecule has 3 N–H and O–H groups in total. The van der Waals surface area contributed by atoms with Crippen molar-refractivity contribution in [1.29, 1.82) is 0 Å². The van der Waals surface area contributed by atoms with E-state index in [9.17, 15) is 23.7 Å². The van der Waals surface area contributed by atoms with Gasteiger partial charge in [0, 0.05) is 64.3 Å². The molecule has 6 heterocycles. The number of aromatic nitrogens is 4. The molecule has 5 aromatic rings. The largest absolute Gasteiger partial charge is 0.369 e. The second-order valence-electron chi connectivity index (χ2n) is 17.0. The van der Waals surface area contributed by atoms with Crippen LogP contribution in [-0.4, -0.2) is 119 Å². The molecule has 0 radical (unpaired) electrons. The first-order chi connectivity index (χ1) is 31.1. The lowest BCUT2D eigenvalue weighted by Crippen LogP contribution is -2.54. The summed E-state index contributed by atoms with van der Waals surface area (Å²) < 4.78 is 29.5. The van der Waals surface area contributed by atoms with E-state index in [1.807, 2.05) is 23.1 Å². The predicted octanol–water partition coefficient (Wildman–Crippen LogP) is 7.19. The number of fused-ring (bicyclic) bond motifs is 2. The monoisotopic (exact) mass is 1010 g/mol. The van der Waals surface area contributed by atoms with Gasteiger partial charge in [-0.25, -0.2) is 9.37 Å². The number of hydrogen-bond acceptors (Lipinski definition) is 14. The van der Waals surface area contributed by atoms with Gasteiger partial charge in [0.1, 0.15) is 30.3 Å². The lowest BCUT2D eigenvalue weighted by Gasteiger charge is -2.38. The first-order valence-electron chi connectivity index (χ1n) is 21.2. The van der Waals surface area contributed by atoms with Crippen LogP contribution in [0, 0.1) is 11.7 Å². The van der Waals surface area contributed by atoms with Gasteiger partial charge in [-0.1, -0.05) is 23.2 Å². The molecule has 0 spiro atoms. The van der Waals surface area contributed by atoms with Gasteiger partial charge in [0.15, 0.2) is 0 Å². The van der Waals surface area contributed by atoms with Gasteiger partial charge in [-0.3, -0.25) is 44.3 Å². The number of nitrogens with zero attached hydrogens (tertiary/aromatic N) is 8. The maximum absolute atomic E-state index is 15.5. The minimum Gasteiger partial charge on any atom is -0.369 e. The molecule has 4 aliphatic heterocycles. The Balaban J connectivity index is 0.772. The Morgan fingerprint density at radius 1 is 0.831 bits per heavy atom. The molecular weight excluding hydrogens is 963 g/mol. The normalized spacial score (nSPS) is 18.7. The highest BCUT2D eigenvalue weighted by atomic mass is 79.9. The Hall–Kier alpha value is -5.26. The van der Waals surface area contributed by atoms with Crippen LogP contribution in [0.15, 0.2) is 59.5 Å². The number of piperazine rings is 1. The summed E-state index contributed by atoms with van der Waals surface area (Å²) in [5.41, 5.74) is 3.44. The molecule has 338 valence electrons. The minimum absolute atomic E-state index is 0.0118. The Morgan fingerprint density at radius 2 is 1.54 bits per heavy atom. The number of benzene rings is 3. The summed E-state index contributed by atoms with van der Waals surface area (Å²) in [5, 5.41) is 10.2. The number of halogens is 4. The summed E-state index contributed by atoms with van der Waals surface area (Å²) in [6, 6.07) is 8.68. The van der Waals surface area contributed by atoms with Gasteiger partial charge in [0.25, 0.3) is 11.8 Å². The molecule has 0 bridgehead atoms. The number of carbonyl (C=O) groups excluding carboxylic acids is 4. The van der Waals surface area contributed by atoms with Gasteiger partial charge < -0.3 is 25.0 Å². The second-order valence-corrected chi connectivity index (χ2v) is 21.8. The van der Waals surface area contributed by atoms with E-state index in [4.69, 9.17) is 23.2 Å². The van der Waals surface area contributed by atoms with Crippen LogP contribution >= 0.6 is 46.3 Å². The number of piperidine rings is 2. The Morgan fingerprint density at radius 3 is 2.26 bits per heavy atom. The fraction of sp³-hybridized carbons (Fsp3) is 0.364. The minimum atomic E-state index is -2.80. The SMILES string of the molecule is CP(C)(=O)c1c(Nc2nc(Nc3cc(Cl)c(N4CCN(CCC5CCN(c6cc7c(cc6F)C(=O)N(C6CCC(=O)NC6=O)C7=O)CC5)CC4)cc3Cl)ncc2Br)ccc2nccnc12. The van der Waals surface area contributed by atoms with Crippen molar-refractivity contribution < 1.29 is 28.1 Å². The summed E-state index contributed by atoms with van der Waals surface area (Å²) in [4.78, 5) is 76.0. The third kappa shape index (κ3) is 9.15. The fourth-order valence-electron chi connectivity index (χ4n) is 9.07. The molecule has 3 aromatic carbocycles. The molecule has 9 rings (SSSR count). The molecule has 4 aliphatic rings. The smallest absolute Gasteiger partial charge is 0.262 e. The van der Waals surface area contributed by atoms with Crippen molar-refractivity contribution in [2.24, 2.45) is 5.92 Å². The van der Waals surface area contributed by atoms with Crippen LogP contribution in [-0.2, 0) is 14.2 Å². The molecule has 0 aliphatic carbocycles. The molecular formula is C44H44BrCl2FN11O5P. The number of nitrogens with one attached hydrogen (secondary N) is 3. The molecule has 2 aromatic heterocycles. The van der Waals surface area contributed by atoms with E-state index in [0.29, 0.717) is 67.1 Å². The molecule has 3 saturated heterocycles. The Bertz CT molecular complexity index is 2820. The van der Waals surface area contributed by atoms with E-state index >= 15 is 4.39 Å². The number of rotatable bonds is 11. The lowest BCUT2D eigenvalue weighted by atomic mass is 9.92. The standard InChI is InChI=1S/C44H44BrCl2FN11O5P/c1-65(2,64)39-32(4-3-31-38(39)50-11-10-49-31)52-40-27(45)23-51-44(55-40)53-33-21-29(47)35(22-28(33)46)58-17-15-56(16-18-58)12-7-24-8-13-57(14-9-24)36-20-26-25(19-30(36)48)42(62)59(43(26)63)34-5-6-37(60)54-41(34)61/h3-4,10-11,19-24,34H,5-9,12-18H2,1-2H3,(H,54,60,61)(H2,51,52,53,55). The highest BCUT2D eigenvalue weighted by Crippen LogP contribution is 2.42. The maximum Gasteiger partial charge on any atom is 0.262 e. The third-order valence-electron chi connectivity index (χ3n) is 12.5. The average Bonchev–Trinajstić information content (AvgIpc) is 3.51. The predicted molar refractivity (Wildman–Crippen MR) is 253 cm³/mol. The van der Waals surface area contributed by atoms with Crippen molar-refractivity contribution in [3.05, 3.63) is 86.5 Å². The van der Waals surface area contributed by atoms with Gasteiger partial charge >= 0.3 is 0 Å². The number of carbonyl (C=O) groups is 4. The van der Waals surface area contributed by atoms with E-state index in [1.54, 1.807) is 38.0 Å². The molecule has 3 fully saturated rings. The van der Waals surface area contributed by atoms with Crippen LogP contribution in [0.5, 0.6) is 0 Å². The molecule has 21 heteroatoms. The van der Waals surface area contributed by atoms with Crippen LogP contribution in [0.1, 0.15) is 52.8 Å². The molecule has 16 nitrogen and oxygen atoms in total. The average molecular weight is 1010 g/mol. The summed E-state index contributed by atoms with van der Waals surface area (Å²) in [6.07, 6.45) is 7.53. The topological polar surface area (TPSA) is 186 Å². The van der Waals surface area contributed by atoms with Crippen LogP contribution < -0.4 is 31.1 Å². The van der Waals surface area contributed by atoms with E-state index < -0.39 is 42.6 Å². The Labute approximate surface area is 392 Å². The van der Waals surface area contributed by atoms with Crippen molar-refractivity contribution in [2.45, 2.75) is 38.1 Å². The summed E-state index contributed by atoms with van der Waals surface area (Å²) in [5.74, 6) is -1.97. The molecule has 4 amide bonds. The van der Waals surface area contributed by atoms with E-state index in [-0.39, 0.29) is 35.6 Å². The van der Waals surface area contributed by atoms with E-state index in [2.05, 4.69) is 61.6 Å². The van der Waals surface area contributed by atoms with Crippen LogP contribution in [0.25, 0.3) is 11.0 Å². The zero-order chi connectivity index (χ0) is 45.7. The van der Waals surface area contributed by atoms with Gasteiger partial charge in [0.2, 0.25) is 17.8 Å². The highest BCUT2D eigenvalue weighted by molar-refractivity contribution is 9.10. The van der Waals surface area contributed by atoms with E-state index in [0.717, 1.165) is 68.6 Å². The number of anilines is 6. The van der Waals surface area contributed by atoms with Crippen molar-refractivity contribution in [3.8, 4) is 0 Å². The number of imide groups is 2. The summed E-state index contributed by atoms with van der Waals surface area (Å²) >= 11 is 17.3. The van der Waals surface area contributed by atoms with Gasteiger partial charge in [-0.2, -0.15) is 4.98 Å². The zero-order valence-electron chi connectivity index (χ0n) is 35.4. The van der Waals surface area contributed by atoms with Gasteiger partial charge in [-0.15, -0.1) is 0 Å². The van der Waals surface area contributed by atoms with Gasteiger partial charge in [-0.05, 0) is 104 Å². The second kappa shape index (κ2) is 18.2. The zero-order valence-corrected chi connectivity index (χ0v) is 39.4. The maximum atomic E-state index is 15.5. The summed E-state index contributed by atoms with van der Waals surface area (Å²) in [7, 11) is -2.80. The Kier molecular flexibility index (Phi) is 12.6. The van der Waals surface area contributed by atoms with Crippen LogP contribution in [0.2, 0.25) is 10.0 Å². The molecule has 65 heavy (non-hydrogen) atoms. The van der Waals surface area contributed by atoms with Crippen LogP contribution in [0.3, 0.4) is 0 Å². The quantitative estimate of drug-likeness (QED) is 0.0892. The van der Waals surface area contributed by atoms with Crippen LogP contribution in [0.4, 0.5) is 38.9 Å². The van der Waals surface area contributed by atoms with Gasteiger partial charge in [0.05, 0.1) is 59.2 Å². The fourth-order valence-corrected chi connectivity index (χ4v) is 11.2. The van der Waals surface area contributed by atoms with Crippen molar-refractivity contribution >= 4 is 121 Å². The van der Waals surface area contributed by atoms with Crippen molar-refractivity contribution in [3.63, 3.8) is 0 Å². The summed E-state index contributed by atoms with van der Waals surface area (Å²) in [6.45, 7) is 8.72. The van der Waals surface area contributed by atoms with E-state index in [1.165, 1.54) is 6.07 Å². The van der Waals surface area contributed by atoms with Crippen molar-refractivity contribution in [2.75, 3.05) is 79.6 Å². The van der Waals surface area contributed by atoms with Crippen molar-refractivity contribution in [1.82, 2.24) is 35.1 Å². The molecule has 1 unspecified atom stereocenters. The number of hydrogen-bond donors (Lipinski definition) is 3. The lowest BCUT2D eigenvalue weighted by molar-refractivity contribution is -0.136. The number of amides is 4. The first-order valence-corrected chi connectivity index (χ1v) is 25.4. The molecule has 0 saturated carbocycles. The first kappa shape index (κ1) is 44.9. The third-order valence-corrected chi connectivity index (χ3v) is 15.2. The molecule has 1 atom stereocenters. The highest BCUT2D eigenvalue weighted by Gasteiger charge is 2.45.